The normalized spacial score (nSPS) is 20.9. The van der Waals surface area contributed by atoms with Gasteiger partial charge in [0.25, 0.3) is 11.8 Å². The number of methoxy groups -OCH3 is 1. The quantitative estimate of drug-likeness (QED) is 0.0892. The molecule has 0 radical (unpaired) electrons. The van der Waals surface area contributed by atoms with Crippen molar-refractivity contribution in [3.63, 3.8) is 0 Å². The summed E-state index contributed by atoms with van der Waals surface area (Å²) in [6.45, 7) is 5.33. The number of carbonyl (C=O) groups is 3. The maximum Gasteiger partial charge on any atom is 0.264 e. The molecule has 0 saturated carbocycles. The highest BCUT2D eigenvalue weighted by atomic mass is 28.4. The maximum atomic E-state index is 16.5. The number of nitrogens with zero attached hydrogens (tertiary/aromatic N) is 2. The molecule has 4 aromatic rings. The van der Waals surface area contributed by atoms with Crippen LogP contribution in [0.3, 0.4) is 0 Å². The molecule has 4 N–H and O–H groups in total. The smallest absolute Gasteiger partial charge is 0.264 e. The highest BCUT2D eigenvalue weighted by molar-refractivity contribution is 6.72. The molecule has 4 atom stereocenters. The first-order valence-electron chi connectivity index (χ1n) is 17.4. The van der Waals surface area contributed by atoms with Gasteiger partial charge in [-0.15, -0.1) is 0 Å². The van der Waals surface area contributed by atoms with Gasteiger partial charge in [0, 0.05) is 47.1 Å². The molecule has 1 spiro atoms. The van der Waals surface area contributed by atoms with E-state index in [1.54, 1.807) is 83.6 Å². The van der Waals surface area contributed by atoms with Crippen molar-refractivity contribution in [1.82, 2.24) is 4.90 Å². The molecular formula is C40H45FN4O6Si. The van der Waals surface area contributed by atoms with Crippen LogP contribution in [0.25, 0.3) is 0 Å². The average molecular weight is 725 g/mol. The molecule has 1 fully saturated rings. The van der Waals surface area contributed by atoms with Gasteiger partial charge in [-0.2, -0.15) is 0 Å². The number of ether oxygens (including phenoxy) is 2. The maximum absolute atomic E-state index is 16.5. The van der Waals surface area contributed by atoms with Crippen molar-refractivity contribution in [2.45, 2.75) is 56.8 Å². The van der Waals surface area contributed by atoms with E-state index in [4.69, 9.17) is 15.2 Å². The van der Waals surface area contributed by atoms with Crippen LogP contribution >= 0.6 is 0 Å². The van der Waals surface area contributed by atoms with Crippen molar-refractivity contribution in [3.8, 4) is 5.75 Å². The molecule has 0 bridgehead atoms. The summed E-state index contributed by atoms with van der Waals surface area (Å²) >= 11 is 0. The summed E-state index contributed by atoms with van der Waals surface area (Å²) < 4.78 is 28.9. The fourth-order valence-electron chi connectivity index (χ4n) is 7.80. The number of fused-ring (bicyclic) bond motifs is 2. The first-order valence-corrected chi connectivity index (χ1v) is 20.4. The summed E-state index contributed by atoms with van der Waals surface area (Å²) in [7, 11) is -2.02. The minimum atomic E-state index is -3.56. The van der Waals surface area contributed by atoms with E-state index in [1.165, 1.54) is 7.11 Å². The largest absolute Gasteiger partial charge is 0.497 e. The number of nitrogens with one attached hydrogen (secondary N) is 1. The van der Waals surface area contributed by atoms with E-state index in [9.17, 15) is 19.5 Å². The molecule has 2 aliphatic rings. The summed E-state index contributed by atoms with van der Waals surface area (Å²) in [6.07, 6.45) is -1.03. The van der Waals surface area contributed by atoms with Crippen LogP contribution in [0.2, 0.25) is 18.6 Å². The molecular weight excluding hydrogens is 680 g/mol. The SMILES string of the molecule is COc1ccc2c(c1)[C@@]1(O[C@H](CC(=O)N(CCO)Cc3ccccc3)[C@@H]([Si](C)(C)F)[C@@H]1C)C(=O)N2Cc1cccc(NC(=O)c2ccc(N)cc2)c1. The summed E-state index contributed by atoms with van der Waals surface area (Å²) in [4.78, 5) is 44.9. The number of anilines is 3. The number of amides is 3. The van der Waals surface area contributed by atoms with E-state index in [0.717, 1.165) is 11.1 Å². The summed E-state index contributed by atoms with van der Waals surface area (Å²) in [5, 5.41) is 12.7. The Bertz CT molecular complexity index is 1940. The Balaban J connectivity index is 1.31. The van der Waals surface area contributed by atoms with Gasteiger partial charge in [0.05, 0.1) is 38.5 Å². The Labute approximate surface area is 304 Å². The number of hydrogen-bond acceptors (Lipinski definition) is 7. The highest BCUT2D eigenvalue weighted by Gasteiger charge is 2.67. The molecule has 2 aliphatic heterocycles. The van der Waals surface area contributed by atoms with Crippen LogP contribution in [0.5, 0.6) is 5.75 Å². The van der Waals surface area contributed by atoms with Crippen molar-refractivity contribution in [2.24, 2.45) is 5.92 Å². The molecule has 272 valence electrons. The number of aliphatic hydroxyl groups is 1. The number of halogens is 1. The van der Waals surface area contributed by atoms with Gasteiger partial charge in [0.1, 0.15) is 5.75 Å². The van der Waals surface area contributed by atoms with Gasteiger partial charge in [0.2, 0.25) is 14.3 Å². The predicted octanol–water partition coefficient (Wildman–Crippen LogP) is 6.26. The molecule has 0 unspecified atom stereocenters. The van der Waals surface area contributed by atoms with E-state index in [0.29, 0.717) is 33.9 Å². The number of carbonyl (C=O) groups excluding carboxylic acids is 3. The predicted molar refractivity (Wildman–Crippen MR) is 201 cm³/mol. The van der Waals surface area contributed by atoms with Crippen molar-refractivity contribution in [3.05, 3.63) is 119 Å². The number of hydrogen-bond donors (Lipinski definition) is 3. The van der Waals surface area contributed by atoms with Crippen molar-refractivity contribution >= 4 is 43.2 Å². The van der Waals surface area contributed by atoms with Crippen molar-refractivity contribution in [1.29, 1.82) is 0 Å². The Hall–Kier alpha value is -5.04. The van der Waals surface area contributed by atoms with Gasteiger partial charge in [-0.1, -0.05) is 49.4 Å². The lowest BCUT2D eigenvalue weighted by Crippen LogP contribution is -2.45. The number of nitrogens with two attached hydrogens (primary N) is 1. The van der Waals surface area contributed by atoms with E-state index in [1.807, 2.05) is 43.3 Å². The molecule has 2 heterocycles. The lowest BCUT2D eigenvalue weighted by molar-refractivity contribution is -0.150. The number of benzene rings is 4. The third-order valence-electron chi connectivity index (χ3n) is 10.2. The number of nitrogen functional groups attached to an aromatic ring is 1. The molecule has 1 saturated heterocycles. The molecule has 52 heavy (non-hydrogen) atoms. The van der Waals surface area contributed by atoms with Gasteiger partial charge < -0.3 is 39.5 Å². The fourth-order valence-corrected chi connectivity index (χ4v) is 10.3. The lowest BCUT2D eigenvalue weighted by atomic mass is 9.82. The molecule has 3 amide bonds. The molecule has 4 aromatic carbocycles. The van der Waals surface area contributed by atoms with Crippen LogP contribution in [0.15, 0.2) is 97.1 Å². The average Bonchev–Trinajstić information content (AvgIpc) is 3.54. The van der Waals surface area contributed by atoms with Gasteiger partial charge in [-0.25, -0.2) is 0 Å². The molecule has 10 nitrogen and oxygen atoms in total. The van der Waals surface area contributed by atoms with E-state index in [-0.39, 0.29) is 50.4 Å². The highest BCUT2D eigenvalue weighted by Crippen LogP contribution is 2.60. The third-order valence-corrected chi connectivity index (χ3v) is 12.6. The minimum absolute atomic E-state index is 0.106. The Morgan fingerprint density at radius 1 is 1.02 bits per heavy atom. The topological polar surface area (TPSA) is 134 Å². The van der Waals surface area contributed by atoms with Crippen LogP contribution in [-0.2, 0) is 33.0 Å². The molecule has 0 aromatic heterocycles. The Morgan fingerprint density at radius 2 is 1.73 bits per heavy atom. The van der Waals surface area contributed by atoms with Gasteiger partial charge in [-0.05, 0) is 78.8 Å². The molecule has 0 aliphatic carbocycles. The fraction of sp³-hybridized carbons (Fsp3) is 0.325. The van der Waals surface area contributed by atoms with Crippen LogP contribution in [-0.4, -0.2) is 62.5 Å². The second kappa shape index (κ2) is 14.9. The van der Waals surface area contributed by atoms with Crippen molar-refractivity contribution in [2.75, 3.05) is 36.2 Å². The van der Waals surface area contributed by atoms with Crippen molar-refractivity contribution < 1.29 is 33.1 Å². The minimum Gasteiger partial charge on any atom is -0.497 e. The van der Waals surface area contributed by atoms with Gasteiger partial charge in [-0.3, -0.25) is 14.4 Å². The first kappa shape index (κ1) is 36.7. The van der Waals surface area contributed by atoms with Crippen LogP contribution in [0, 0.1) is 5.92 Å². The third kappa shape index (κ3) is 7.18. The number of aliphatic hydroxyl groups excluding tert-OH is 1. The van der Waals surface area contributed by atoms with E-state index in [2.05, 4.69) is 5.32 Å². The molecule has 6 rings (SSSR count). The zero-order chi connectivity index (χ0) is 37.2. The lowest BCUT2D eigenvalue weighted by Gasteiger charge is -2.31. The number of rotatable bonds is 12. The van der Waals surface area contributed by atoms with Crippen LogP contribution < -0.4 is 20.7 Å². The second-order valence-electron chi connectivity index (χ2n) is 14.1. The summed E-state index contributed by atoms with van der Waals surface area (Å²) in [5.41, 5.74) is 7.87. The zero-order valence-electron chi connectivity index (χ0n) is 29.8. The van der Waals surface area contributed by atoms with E-state index < -0.39 is 31.6 Å². The zero-order valence-corrected chi connectivity index (χ0v) is 30.8. The monoisotopic (exact) mass is 724 g/mol. The summed E-state index contributed by atoms with van der Waals surface area (Å²) in [5.74, 6) is -1.05. The standard InChI is InChI=1S/C40H45FN4O6Si/c1-26-37(52(3,4)41)35(23-36(47)44(19-20-46)24-27-9-6-5-7-10-27)51-40(26)33-22-32(50-2)17-18-34(33)45(39(40)49)25-28-11-8-12-31(21-28)43-38(48)29-13-15-30(42)16-14-29/h5-18,21-22,26,35,37,46H,19-20,23-25,42H2,1-4H3,(H,43,48)/t26-,35+,37-,40+/m0/s1. The Kier molecular flexibility index (Phi) is 10.5. The summed E-state index contributed by atoms with van der Waals surface area (Å²) in [6, 6.07) is 28.7. The van der Waals surface area contributed by atoms with Gasteiger partial charge in [0.15, 0.2) is 5.60 Å². The molecule has 12 heteroatoms. The van der Waals surface area contributed by atoms with Gasteiger partial charge >= 0.3 is 0 Å². The van der Waals surface area contributed by atoms with Crippen LogP contribution in [0.1, 0.15) is 40.4 Å². The van der Waals surface area contributed by atoms with Crippen LogP contribution in [0.4, 0.5) is 21.2 Å². The first-order chi connectivity index (χ1) is 24.8. The second-order valence-corrected chi connectivity index (χ2v) is 17.8. The Morgan fingerprint density at radius 3 is 2.40 bits per heavy atom. The van der Waals surface area contributed by atoms with E-state index >= 15 is 4.11 Å².